The van der Waals surface area contributed by atoms with Crippen molar-refractivity contribution in [3.05, 3.63) is 30.2 Å². The van der Waals surface area contributed by atoms with Crippen LogP contribution in [0.5, 0.6) is 0 Å². The second-order valence-corrected chi connectivity index (χ2v) is 3.58. The summed E-state index contributed by atoms with van der Waals surface area (Å²) in [5.74, 6) is 0.896. The minimum absolute atomic E-state index is 0.485. The quantitative estimate of drug-likeness (QED) is 0.707. The van der Waals surface area contributed by atoms with E-state index in [9.17, 15) is 0 Å². The Morgan fingerprint density at radius 2 is 2.50 bits per heavy atom. The highest BCUT2D eigenvalue weighted by atomic mass is 16.5. The van der Waals surface area contributed by atoms with E-state index in [1.54, 1.807) is 0 Å². The van der Waals surface area contributed by atoms with Crippen molar-refractivity contribution in [1.29, 1.82) is 0 Å². The van der Waals surface area contributed by atoms with Crippen molar-refractivity contribution in [3.8, 4) is 0 Å². The first-order valence-corrected chi connectivity index (χ1v) is 4.99. The fraction of sp³-hybridized carbons (Fsp3) is 0.545. The molecule has 0 aliphatic rings. The number of allylic oxidation sites excluding steroid dienone is 1. The Kier molecular flexibility index (Phi) is 4.40. The van der Waals surface area contributed by atoms with E-state index < -0.39 is 0 Å². The molecule has 0 aliphatic heterocycles. The molecule has 0 saturated heterocycles. The molecule has 0 amide bonds. The number of hydrogen-bond donors (Lipinski definition) is 1. The van der Waals surface area contributed by atoms with Crippen LogP contribution in [-0.4, -0.2) is 11.2 Å². The largest absolute Gasteiger partial charge is 0.360 e. The molecule has 1 atom stereocenters. The van der Waals surface area contributed by atoms with Crippen LogP contribution < -0.4 is 5.32 Å². The molecular formula is C11H18N2O. The fourth-order valence-corrected chi connectivity index (χ4v) is 1.24. The van der Waals surface area contributed by atoms with E-state index in [2.05, 4.69) is 24.0 Å². The van der Waals surface area contributed by atoms with Crippen LogP contribution in [0, 0.1) is 6.92 Å². The maximum Gasteiger partial charge on any atom is 0.150 e. The van der Waals surface area contributed by atoms with Crippen LogP contribution in [0.15, 0.2) is 23.2 Å². The van der Waals surface area contributed by atoms with Gasteiger partial charge in [0.15, 0.2) is 5.76 Å². The van der Waals surface area contributed by atoms with Gasteiger partial charge in [0.25, 0.3) is 0 Å². The summed E-state index contributed by atoms with van der Waals surface area (Å²) in [6.07, 6.45) is 4.09. The van der Waals surface area contributed by atoms with Crippen LogP contribution in [0.3, 0.4) is 0 Å². The maximum atomic E-state index is 5.09. The van der Waals surface area contributed by atoms with Crippen LogP contribution in [0.1, 0.15) is 31.2 Å². The lowest BCUT2D eigenvalue weighted by molar-refractivity contribution is 0.360. The highest BCUT2D eigenvalue weighted by molar-refractivity contribution is 5.02. The average Bonchev–Trinajstić information content (AvgIpc) is 2.58. The molecule has 14 heavy (non-hydrogen) atoms. The first-order chi connectivity index (χ1) is 6.72. The van der Waals surface area contributed by atoms with Crippen molar-refractivity contribution in [3.63, 3.8) is 0 Å². The van der Waals surface area contributed by atoms with Crippen molar-refractivity contribution >= 4 is 0 Å². The van der Waals surface area contributed by atoms with Gasteiger partial charge in [0.05, 0.1) is 12.2 Å². The Morgan fingerprint density at radius 3 is 3.07 bits per heavy atom. The molecule has 0 spiro atoms. The number of aryl methyl sites for hydroxylation is 1. The number of rotatable bonds is 6. The van der Waals surface area contributed by atoms with E-state index in [1.807, 2.05) is 19.1 Å². The van der Waals surface area contributed by atoms with Crippen LogP contribution in [0.2, 0.25) is 0 Å². The van der Waals surface area contributed by atoms with Crippen LogP contribution in [0.25, 0.3) is 0 Å². The SMILES string of the molecule is C=CCCC(C)NCc1cc(C)no1. The monoisotopic (exact) mass is 194 g/mol. The minimum Gasteiger partial charge on any atom is -0.360 e. The van der Waals surface area contributed by atoms with Gasteiger partial charge in [-0.05, 0) is 26.7 Å². The lowest BCUT2D eigenvalue weighted by Gasteiger charge is -2.10. The van der Waals surface area contributed by atoms with Gasteiger partial charge in [0.2, 0.25) is 0 Å². The Labute approximate surface area is 85.2 Å². The summed E-state index contributed by atoms with van der Waals surface area (Å²) in [7, 11) is 0. The molecule has 0 aromatic carbocycles. The molecule has 3 nitrogen and oxygen atoms in total. The average molecular weight is 194 g/mol. The summed E-state index contributed by atoms with van der Waals surface area (Å²) in [5.41, 5.74) is 0.931. The zero-order valence-corrected chi connectivity index (χ0v) is 8.92. The highest BCUT2D eigenvalue weighted by Gasteiger charge is 2.03. The van der Waals surface area contributed by atoms with E-state index >= 15 is 0 Å². The summed E-state index contributed by atoms with van der Waals surface area (Å²) in [6, 6.07) is 2.44. The van der Waals surface area contributed by atoms with Gasteiger partial charge in [-0.25, -0.2) is 0 Å². The van der Waals surface area contributed by atoms with Gasteiger partial charge >= 0.3 is 0 Å². The second-order valence-electron chi connectivity index (χ2n) is 3.58. The predicted molar refractivity (Wildman–Crippen MR) is 57.0 cm³/mol. The zero-order chi connectivity index (χ0) is 10.4. The third kappa shape index (κ3) is 3.75. The van der Waals surface area contributed by atoms with Crippen LogP contribution in [-0.2, 0) is 6.54 Å². The molecule has 1 N–H and O–H groups in total. The maximum absolute atomic E-state index is 5.09. The first-order valence-electron chi connectivity index (χ1n) is 4.99. The van der Waals surface area contributed by atoms with Crippen molar-refractivity contribution in [2.45, 2.75) is 39.3 Å². The Balaban J connectivity index is 2.23. The van der Waals surface area contributed by atoms with Gasteiger partial charge in [-0.1, -0.05) is 11.2 Å². The smallest absolute Gasteiger partial charge is 0.150 e. The predicted octanol–water partition coefficient (Wildman–Crippen LogP) is 2.43. The van der Waals surface area contributed by atoms with Gasteiger partial charge < -0.3 is 9.84 Å². The normalized spacial score (nSPS) is 12.7. The molecule has 0 fully saturated rings. The molecule has 1 rings (SSSR count). The zero-order valence-electron chi connectivity index (χ0n) is 8.92. The van der Waals surface area contributed by atoms with Crippen molar-refractivity contribution < 1.29 is 4.52 Å². The van der Waals surface area contributed by atoms with E-state index in [0.29, 0.717) is 6.04 Å². The lowest BCUT2D eigenvalue weighted by atomic mass is 10.2. The molecule has 78 valence electrons. The number of nitrogens with one attached hydrogen (secondary N) is 1. The van der Waals surface area contributed by atoms with Gasteiger partial charge in [-0.15, -0.1) is 6.58 Å². The van der Waals surface area contributed by atoms with Crippen molar-refractivity contribution in [2.24, 2.45) is 0 Å². The summed E-state index contributed by atoms with van der Waals surface area (Å²) in [6.45, 7) is 8.53. The number of aromatic nitrogens is 1. The lowest BCUT2D eigenvalue weighted by Crippen LogP contribution is -2.24. The molecule has 1 aromatic heterocycles. The molecule has 3 heteroatoms. The van der Waals surface area contributed by atoms with Gasteiger partial charge in [-0.2, -0.15) is 0 Å². The number of nitrogens with zero attached hydrogens (tertiary/aromatic N) is 1. The van der Waals surface area contributed by atoms with E-state index in [0.717, 1.165) is 30.8 Å². The van der Waals surface area contributed by atoms with Crippen LogP contribution >= 0.6 is 0 Å². The fourth-order valence-electron chi connectivity index (χ4n) is 1.24. The minimum atomic E-state index is 0.485. The molecule has 0 saturated carbocycles. The summed E-state index contributed by atoms with van der Waals surface area (Å²) in [4.78, 5) is 0. The Bertz CT molecular complexity index is 281. The van der Waals surface area contributed by atoms with Gasteiger partial charge in [0.1, 0.15) is 0 Å². The van der Waals surface area contributed by atoms with Gasteiger partial charge in [0, 0.05) is 12.1 Å². The molecule has 0 bridgehead atoms. The van der Waals surface area contributed by atoms with Gasteiger partial charge in [-0.3, -0.25) is 0 Å². The van der Waals surface area contributed by atoms with Crippen molar-refractivity contribution in [1.82, 2.24) is 10.5 Å². The molecule has 1 aromatic rings. The van der Waals surface area contributed by atoms with E-state index in [4.69, 9.17) is 4.52 Å². The standard InChI is InChI=1S/C11H18N2O/c1-4-5-6-9(2)12-8-11-7-10(3)13-14-11/h4,7,9,12H,1,5-6,8H2,2-3H3. The molecule has 1 unspecified atom stereocenters. The molecule has 1 heterocycles. The highest BCUT2D eigenvalue weighted by Crippen LogP contribution is 2.03. The third-order valence-electron chi connectivity index (χ3n) is 2.11. The topological polar surface area (TPSA) is 38.1 Å². The molecule has 0 radical (unpaired) electrons. The molecule has 0 aliphatic carbocycles. The van der Waals surface area contributed by atoms with Crippen LogP contribution in [0.4, 0.5) is 0 Å². The summed E-state index contributed by atoms with van der Waals surface area (Å²) >= 11 is 0. The van der Waals surface area contributed by atoms with E-state index in [1.165, 1.54) is 0 Å². The Hall–Kier alpha value is -1.09. The van der Waals surface area contributed by atoms with E-state index in [-0.39, 0.29) is 0 Å². The summed E-state index contributed by atoms with van der Waals surface area (Å²) in [5, 5.41) is 7.19. The molecular weight excluding hydrogens is 176 g/mol. The first kappa shape index (κ1) is 11.0. The summed E-state index contributed by atoms with van der Waals surface area (Å²) < 4.78 is 5.09. The second kappa shape index (κ2) is 5.60. The third-order valence-corrected chi connectivity index (χ3v) is 2.11. The Morgan fingerprint density at radius 1 is 1.71 bits per heavy atom. The van der Waals surface area contributed by atoms with Crippen molar-refractivity contribution in [2.75, 3.05) is 0 Å². The number of hydrogen-bond acceptors (Lipinski definition) is 3.